The van der Waals surface area contributed by atoms with Gasteiger partial charge in [0.05, 0.1) is 18.9 Å². The zero-order valence-corrected chi connectivity index (χ0v) is 16.2. The van der Waals surface area contributed by atoms with Crippen molar-refractivity contribution in [1.29, 1.82) is 0 Å². The predicted molar refractivity (Wildman–Crippen MR) is 106 cm³/mol. The molecule has 5 nitrogen and oxygen atoms in total. The van der Waals surface area contributed by atoms with Crippen molar-refractivity contribution in [3.05, 3.63) is 35.5 Å². The highest BCUT2D eigenvalue weighted by molar-refractivity contribution is 5.73. The Labute approximate surface area is 155 Å². The van der Waals surface area contributed by atoms with E-state index in [1.54, 1.807) is 0 Å². The van der Waals surface area contributed by atoms with E-state index in [0.29, 0.717) is 5.92 Å². The number of morpholine rings is 1. The maximum absolute atomic E-state index is 5.44. The molecule has 2 aliphatic heterocycles. The third-order valence-electron chi connectivity index (χ3n) is 5.43. The summed E-state index contributed by atoms with van der Waals surface area (Å²) < 4.78 is 5.44. The van der Waals surface area contributed by atoms with Gasteiger partial charge in [-0.25, -0.2) is 9.97 Å². The Balaban J connectivity index is 1.72. The van der Waals surface area contributed by atoms with Crippen LogP contribution >= 0.6 is 0 Å². The van der Waals surface area contributed by atoms with E-state index >= 15 is 0 Å². The zero-order valence-electron chi connectivity index (χ0n) is 16.2. The lowest BCUT2D eigenvalue weighted by Gasteiger charge is -2.38. The first-order valence-corrected chi connectivity index (χ1v) is 9.52. The fraction of sp³-hybridized carbons (Fsp3) is 0.524. The van der Waals surface area contributed by atoms with Crippen LogP contribution in [0.4, 0.5) is 11.6 Å². The Morgan fingerprint density at radius 2 is 2.00 bits per heavy atom. The summed E-state index contributed by atoms with van der Waals surface area (Å²) in [4.78, 5) is 11.5. The monoisotopic (exact) mass is 352 g/mol. The number of rotatable bonds is 2. The number of anilines is 2. The van der Waals surface area contributed by atoms with E-state index in [2.05, 4.69) is 55.0 Å². The second kappa shape index (κ2) is 6.54. The quantitative estimate of drug-likeness (QED) is 0.886. The van der Waals surface area contributed by atoms with Crippen molar-refractivity contribution in [2.75, 3.05) is 36.5 Å². The van der Waals surface area contributed by atoms with Gasteiger partial charge in [0.25, 0.3) is 0 Å². The van der Waals surface area contributed by atoms with Crippen LogP contribution in [-0.2, 0) is 4.74 Å². The van der Waals surface area contributed by atoms with Crippen LogP contribution in [0.1, 0.15) is 44.2 Å². The second-order valence-corrected chi connectivity index (χ2v) is 8.21. The Bertz CT molecular complexity index is 812. The average Bonchev–Trinajstić information content (AvgIpc) is 2.62. The molecular formula is C21H28N4O. The molecule has 3 heterocycles. The number of hydrogen-bond acceptors (Lipinski definition) is 5. The van der Waals surface area contributed by atoms with Crippen LogP contribution in [0.15, 0.2) is 24.4 Å². The van der Waals surface area contributed by atoms with Gasteiger partial charge in [-0.1, -0.05) is 13.0 Å². The van der Waals surface area contributed by atoms with Crippen molar-refractivity contribution in [1.82, 2.24) is 9.97 Å². The molecule has 1 aromatic carbocycles. The van der Waals surface area contributed by atoms with Gasteiger partial charge in [0.2, 0.25) is 5.95 Å². The van der Waals surface area contributed by atoms with Gasteiger partial charge in [-0.15, -0.1) is 0 Å². The normalized spacial score (nSPS) is 21.8. The SMILES string of the molecule is Cc1cc2c(cc1-c1ccnc(N3CCOCC3)n1)NC(C)(C)CC2C. The molecule has 1 atom stereocenters. The first-order valence-electron chi connectivity index (χ1n) is 9.52. The molecule has 5 heteroatoms. The number of nitrogens with one attached hydrogen (secondary N) is 1. The van der Waals surface area contributed by atoms with Gasteiger partial charge >= 0.3 is 0 Å². The van der Waals surface area contributed by atoms with Crippen molar-refractivity contribution < 1.29 is 4.74 Å². The Hall–Kier alpha value is -2.14. The lowest BCUT2D eigenvalue weighted by Crippen LogP contribution is -2.37. The molecule has 0 radical (unpaired) electrons. The molecule has 2 aromatic rings. The minimum Gasteiger partial charge on any atom is -0.380 e. The van der Waals surface area contributed by atoms with Crippen LogP contribution in [0.5, 0.6) is 0 Å². The summed E-state index contributed by atoms with van der Waals surface area (Å²) in [5, 5.41) is 3.71. The molecule has 1 fully saturated rings. The minimum absolute atomic E-state index is 0.115. The number of aromatic nitrogens is 2. The van der Waals surface area contributed by atoms with E-state index in [-0.39, 0.29) is 5.54 Å². The zero-order chi connectivity index (χ0) is 18.3. The number of fused-ring (bicyclic) bond motifs is 1. The van der Waals surface area contributed by atoms with Gasteiger partial charge in [0.15, 0.2) is 0 Å². The van der Waals surface area contributed by atoms with Crippen molar-refractivity contribution in [3.8, 4) is 11.3 Å². The highest BCUT2D eigenvalue weighted by atomic mass is 16.5. The van der Waals surface area contributed by atoms with E-state index in [0.717, 1.165) is 44.4 Å². The summed E-state index contributed by atoms with van der Waals surface area (Å²) in [6.07, 6.45) is 3.01. The van der Waals surface area contributed by atoms with Gasteiger partial charge < -0.3 is 15.0 Å². The van der Waals surface area contributed by atoms with Gasteiger partial charge in [-0.3, -0.25) is 0 Å². The van der Waals surface area contributed by atoms with E-state index in [4.69, 9.17) is 9.72 Å². The molecule has 138 valence electrons. The fourth-order valence-corrected chi connectivity index (χ4v) is 4.23. The smallest absolute Gasteiger partial charge is 0.226 e. The molecule has 2 aliphatic rings. The average molecular weight is 352 g/mol. The summed E-state index contributed by atoms with van der Waals surface area (Å²) in [6.45, 7) is 12.2. The summed E-state index contributed by atoms with van der Waals surface area (Å²) in [5.74, 6) is 1.35. The molecule has 0 amide bonds. The maximum Gasteiger partial charge on any atom is 0.226 e. The third kappa shape index (κ3) is 3.28. The number of aryl methyl sites for hydroxylation is 1. The Morgan fingerprint density at radius 3 is 2.77 bits per heavy atom. The fourth-order valence-electron chi connectivity index (χ4n) is 4.23. The summed E-state index contributed by atoms with van der Waals surface area (Å²) in [5.41, 5.74) is 6.19. The van der Waals surface area contributed by atoms with E-state index in [1.165, 1.54) is 22.4 Å². The highest BCUT2D eigenvalue weighted by Gasteiger charge is 2.30. The van der Waals surface area contributed by atoms with Crippen molar-refractivity contribution in [2.24, 2.45) is 0 Å². The van der Waals surface area contributed by atoms with E-state index < -0.39 is 0 Å². The first kappa shape index (κ1) is 17.3. The molecule has 4 rings (SSSR count). The van der Waals surface area contributed by atoms with E-state index in [1.807, 2.05) is 12.3 Å². The lowest BCUT2D eigenvalue weighted by atomic mass is 9.80. The topological polar surface area (TPSA) is 50.3 Å². The molecule has 0 spiro atoms. The van der Waals surface area contributed by atoms with Gasteiger partial charge in [0, 0.05) is 36.1 Å². The molecular weight excluding hydrogens is 324 g/mol. The number of ether oxygens (including phenoxy) is 1. The highest BCUT2D eigenvalue weighted by Crippen LogP contribution is 2.41. The summed E-state index contributed by atoms with van der Waals surface area (Å²) in [7, 11) is 0. The maximum atomic E-state index is 5.44. The molecule has 1 unspecified atom stereocenters. The largest absolute Gasteiger partial charge is 0.380 e. The summed E-state index contributed by atoms with van der Waals surface area (Å²) >= 11 is 0. The van der Waals surface area contributed by atoms with Gasteiger partial charge in [0.1, 0.15) is 0 Å². The molecule has 1 saturated heterocycles. The first-order chi connectivity index (χ1) is 12.4. The minimum atomic E-state index is 0.115. The second-order valence-electron chi connectivity index (χ2n) is 8.21. The standard InChI is InChI=1S/C21H28N4O/c1-14-11-16-15(2)13-21(3,4)24-19(16)12-17(14)18-5-6-22-20(23-18)25-7-9-26-10-8-25/h5-6,11-12,15,24H,7-10,13H2,1-4H3. The van der Waals surface area contributed by atoms with Crippen LogP contribution in [0.25, 0.3) is 11.3 Å². The molecule has 26 heavy (non-hydrogen) atoms. The lowest BCUT2D eigenvalue weighted by molar-refractivity contribution is 0.122. The molecule has 0 aliphatic carbocycles. The molecule has 0 saturated carbocycles. The number of nitrogens with zero attached hydrogens (tertiary/aromatic N) is 3. The Kier molecular flexibility index (Phi) is 4.35. The molecule has 1 aromatic heterocycles. The van der Waals surface area contributed by atoms with E-state index in [9.17, 15) is 0 Å². The van der Waals surface area contributed by atoms with Crippen molar-refractivity contribution in [2.45, 2.75) is 45.6 Å². The number of hydrogen-bond donors (Lipinski definition) is 1. The van der Waals surface area contributed by atoms with Crippen LogP contribution in [-0.4, -0.2) is 41.8 Å². The van der Waals surface area contributed by atoms with Crippen LogP contribution in [0, 0.1) is 6.92 Å². The van der Waals surface area contributed by atoms with Crippen LogP contribution in [0.3, 0.4) is 0 Å². The summed E-state index contributed by atoms with van der Waals surface area (Å²) in [6, 6.07) is 6.61. The van der Waals surface area contributed by atoms with Gasteiger partial charge in [-0.2, -0.15) is 0 Å². The number of benzene rings is 1. The van der Waals surface area contributed by atoms with Crippen LogP contribution < -0.4 is 10.2 Å². The van der Waals surface area contributed by atoms with Gasteiger partial charge in [-0.05, 0) is 56.4 Å². The van der Waals surface area contributed by atoms with Crippen molar-refractivity contribution >= 4 is 11.6 Å². The van der Waals surface area contributed by atoms with Crippen molar-refractivity contribution in [3.63, 3.8) is 0 Å². The predicted octanol–water partition coefficient (Wildman–Crippen LogP) is 3.99. The third-order valence-corrected chi connectivity index (χ3v) is 5.43. The molecule has 1 N–H and O–H groups in total. The molecule has 0 bridgehead atoms. The van der Waals surface area contributed by atoms with Crippen LogP contribution in [0.2, 0.25) is 0 Å². The Morgan fingerprint density at radius 1 is 1.23 bits per heavy atom.